The van der Waals surface area contributed by atoms with Gasteiger partial charge in [-0.3, -0.25) is 4.90 Å². The molecule has 2 aliphatic heterocycles. The third-order valence-corrected chi connectivity index (χ3v) is 9.89. The van der Waals surface area contributed by atoms with Gasteiger partial charge in [0.15, 0.2) is 5.82 Å². The minimum atomic E-state index is -4.24. The minimum absolute atomic E-state index is 0.198. The van der Waals surface area contributed by atoms with Crippen LogP contribution < -0.4 is 4.90 Å². The topological polar surface area (TPSA) is 99.9 Å². The van der Waals surface area contributed by atoms with Crippen molar-refractivity contribution < 1.29 is 17.7 Å². The van der Waals surface area contributed by atoms with E-state index in [4.69, 9.17) is 4.52 Å². The number of anilines is 1. The maximum atomic E-state index is 12.9. The number of likely N-dealkylation sites (tertiary alicyclic amines) is 1. The van der Waals surface area contributed by atoms with E-state index < -0.39 is 12.6 Å². The summed E-state index contributed by atoms with van der Waals surface area (Å²) < 4.78 is 45.9. The molecule has 13 heteroatoms. The predicted octanol–water partition coefficient (Wildman–Crippen LogP) is 5.77. The number of nitriles is 1. The molecular formula is C30H29F3N8OS. The van der Waals surface area contributed by atoms with Crippen LogP contribution in [0.15, 0.2) is 35.1 Å². The van der Waals surface area contributed by atoms with Crippen LogP contribution in [0.25, 0.3) is 21.1 Å². The molecule has 1 spiro atoms. The molecule has 0 aliphatic carbocycles. The first-order chi connectivity index (χ1) is 20.6. The summed E-state index contributed by atoms with van der Waals surface area (Å²) in [6.07, 6.45) is -1.61. The van der Waals surface area contributed by atoms with Gasteiger partial charge in [-0.1, -0.05) is 11.2 Å². The highest BCUT2D eigenvalue weighted by atomic mass is 32.1. The van der Waals surface area contributed by atoms with E-state index in [1.54, 1.807) is 13.0 Å². The van der Waals surface area contributed by atoms with E-state index in [-0.39, 0.29) is 10.3 Å². The SMILES string of the molecule is Cc1nc(Cn2c(C#N)cc3c(C)c(CN4CCC5(CC4)CN(c4ncnc6sc(CC(F)(F)F)cc46)C5)ccc32)no1. The molecule has 0 N–H and O–H groups in total. The zero-order valence-electron chi connectivity index (χ0n) is 23.8. The normalized spacial score (nSPS) is 17.2. The fourth-order valence-electron chi connectivity index (χ4n) is 6.59. The van der Waals surface area contributed by atoms with Crippen LogP contribution in [0.4, 0.5) is 19.0 Å². The van der Waals surface area contributed by atoms with Crippen molar-refractivity contribution >= 4 is 38.3 Å². The zero-order valence-corrected chi connectivity index (χ0v) is 24.6. The summed E-state index contributed by atoms with van der Waals surface area (Å²) in [5, 5.41) is 15.6. The third-order valence-electron chi connectivity index (χ3n) is 8.85. The lowest BCUT2D eigenvalue weighted by molar-refractivity contribution is -0.126. The van der Waals surface area contributed by atoms with Crippen LogP contribution >= 0.6 is 11.3 Å². The summed E-state index contributed by atoms with van der Waals surface area (Å²) in [4.78, 5) is 18.5. The number of nitrogens with zero attached hydrogens (tertiary/aromatic N) is 8. The standard InChI is InChI=1S/C30H29F3N8OS/c1-18-20(3-4-25-23(18)9-21(12-34)41(25)14-26-37-19(2)42-38-26)13-39-7-5-29(6-8-39)15-40(16-29)27-24-10-22(11-30(31,32)33)43-28(24)36-17-35-27/h3-4,9-10,17H,5-8,11,13-16H2,1-2H3. The number of halogens is 3. The van der Waals surface area contributed by atoms with Crippen molar-refractivity contribution in [3.8, 4) is 6.07 Å². The van der Waals surface area contributed by atoms with E-state index in [2.05, 4.69) is 55.0 Å². The number of aryl methyl sites for hydroxylation is 2. The molecule has 6 heterocycles. The molecule has 9 nitrogen and oxygen atoms in total. The van der Waals surface area contributed by atoms with Crippen LogP contribution in [-0.2, 0) is 19.5 Å². The average Bonchev–Trinajstić information content (AvgIpc) is 3.65. The van der Waals surface area contributed by atoms with E-state index in [0.717, 1.165) is 73.6 Å². The molecule has 0 bridgehead atoms. The number of thiophene rings is 1. The van der Waals surface area contributed by atoms with Gasteiger partial charge in [0, 0.05) is 47.8 Å². The summed E-state index contributed by atoms with van der Waals surface area (Å²) in [7, 11) is 0. The van der Waals surface area contributed by atoms with Gasteiger partial charge in [-0.05, 0) is 62.2 Å². The quantitative estimate of drug-likeness (QED) is 0.240. The van der Waals surface area contributed by atoms with Gasteiger partial charge in [-0.2, -0.15) is 23.4 Å². The van der Waals surface area contributed by atoms with Crippen molar-refractivity contribution in [1.29, 1.82) is 5.26 Å². The summed E-state index contributed by atoms with van der Waals surface area (Å²) in [5.41, 5.74) is 4.14. The van der Waals surface area contributed by atoms with Gasteiger partial charge in [0.1, 0.15) is 28.7 Å². The fraction of sp³-hybridized carbons (Fsp3) is 0.433. The number of aromatic nitrogens is 5. The van der Waals surface area contributed by atoms with Crippen LogP contribution in [0, 0.1) is 30.6 Å². The van der Waals surface area contributed by atoms with Crippen LogP contribution in [0.3, 0.4) is 0 Å². The lowest BCUT2D eigenvalue weighted by Crippen LogP contribution is -2.60. The van der Waals surface area contributed by atoms with Crippen molar-refractivity contribution in [2.24, 2.45) is 5.41 Å². The second-order valence-corrected chi connectivity index (χ2v) is 12.9. The van der Waals surface area contributed by atoms with E-state index in [1.165, 1.54) is 17.5 Å². The molecule has 2 fully saturated rings. The summed E-state index contributed by atoms with van der Waals surface area (Å²) in [6, 6.07) is 10.1. The van der Waals surface area contributed by atoms with Crippen LogP contribution in [0.5, 0.6) is 0 Å². The molecule has 4 aromatic heterocycles. The number of rotatable bonds is 6. The molecule has 2 saturated heterocycles. The maximum absolute atomic E-state index is 12.9. The highest BCUT2D eigenvalue weighted by molar-refractivity contribution is 7.18. The summed E-state index contributed by atoms with van der Waals surface area (Å²) >= 11 is 1.09. The monoisotopic (exact) mass is 606 g/mol. The third kappa shape index (κ3) is 5.23. The highest BCUT2D eigenvalue weighted by Gasteiger charge is 2.46. The lowest BCUT2D eigenvalue weighted by atomic mass is 9.72. The molecule has 1 aromatic carbocycles. The second-order valence-electron chi connectivity index (χ2n) is 11.8. The molecule has 43 heavy (non-hydrogen) atoms. The Morgan fingerprint density at radius 3 is 2.56 bits per heavy atom. The van der Waals surface area contributed by atoms with Gasteiger partial charge in [-0.15, -0.1) is 11.3 Å². The Hall–Kier alpha value is -4.02. The first-order valence-electron chi connectivity index (χ1n) is 14.2. The van der Waals surface area contributed by atoms with Gasteiger partial charge in [0.2, 0.25) is 5.89 Å². The van der Waals surface area contributed by atoms with Crippen LogP contribution in [-0.4, -0.2) is 61.9 Å². The van der Waals surface area contributed by atoms with E-state index >= 15 is 0 Å². The van der Waals surface area contributed by atoms with Crippen molar-refractivity contribution in [1.82, 2.24) is 29.6 Å². The number of fused-ring (bicyclic) bond motifs is 2. The molecular weight excluding hydrogens is 577 g/mol. The number of alkyl halides is 3. The molecule has 222 valence electrons. The number of hydrogen-bond acceptors (Lipinski definition) is 9. The number of piperidine rings is 1. The Balaban J connectivity index is 1.01. The first-order valence-corrected chi connectivity index (χ1v) is 15.0. The molecule has 2 aliphatic rings. The van der Waals surface area contributed by atoms with Crippen molar-refractivity contribution in [3.63, 3.8) is 0 Å². The minimum Gasteiger partial charge on any atom is -0.355 e. The van der Waals surface area contributed by atoms with Crippen molar-refractivity contribution in [2.75, 3.05) is 31.1 Å². The molecule has 0 radical (unpaired) electrons. The molecule has 0 unspecified atom stereocenters. The molecule has 0 amide bonds. The van der Waals surface area contributed by atoms with Gasteiger partial charge < -0.3 is 14.0 Å². The van der Waals surface area contributed by atoms with Crippen LogP contribution in [0.2, 0.25) is 0 Å². The second kappa shape index (κ2) is 10.3. The van der Waals surface area contributed by atoms with Crippen LogP contribution in [0.1, 0.15) is 46.3 Å². The maximum Gasteiger partial charge on any atom is 0.393 e. The molecule has 0 saturated carbocycles. The summed E-state index contributed by atoms with van der Waals surface area (Å²) in [6.45, 7) is 8.72. The van der Waals surface area contributed by atoms with Crippen molar-refractivity contribution in [2.45, 2.75) is 52.4 Å². The van der Waals surface area contributed by atoms with Gasteiger partial charge in [0.05, 0.1) is 18.4 Å². The Labute approximate surface area is 249 Å². The zero-order chi connectivity index (χ0) is 29.9. The molecule has 0 atom stereocenters. The smallest absolute Gasteiger partial charge is 0.355 e. The van der Waals surface area contributed by atoms with E-state index in [1.807, 2.05) is 10.6 Å². The molecule has 5 aromatic rings. The van der Waals surface area contributed by atoms with E-state index in [9.17, 15) is 18.4 Å². The van der Waals surface area contributed by atoms with Gasteiger partial charge >= 0.3 is 6.18 Å². The Morgan fingerprint density at radius 1 is 1.07 bits per heavy atom. The first kappa shape index (κ1) is 27.8. The largest absolute Gasteiger partial charge is 0.393 e. The summed E-state index contributed by atoms with van der Waals surface area (Å²) in [5.74, 6) is 1.77. The van der Waals surface area contributed by atoms with Crippen molar-refractivity contribution in [3.05, 3.63) is 64.0 Å². The molecule has 7 rings (SSSR count). The Morgan fingerprint density at radius 2 is 1.86 bits per heavy atom. The fourth-order valence-corrected chi connectivity index (χ4v) is 7.61. The average molecular weight is 607 g/mol. The Bertz CT molecular complexity index is 1870. The lowest BCUT2D eigenvalue weighted by Gasteiger charge is -2.54. The highest BCUT2D eigenvalue weighted by Crippen LogP contribution is 2.45. The van der Waals surface area contributed by atoms with Gasteiger partial charge in [0.25, 0.3) is 0 Å². The predicted molar refractivity (Wildman–Crippen MR) is 156 cm³/mol. The number of hydrogen-bond donors (Lipinski definition) is 0. The Kier molecular flexibility index (Phi) is 6.66. The van der Waals surface area contributed by atoms with Gasteiger partial charge in [-0.25, -0.2) is 9.97 Å². The number of benzene rings is 1. The van der Waals surface area contributed by atoms with E-state index in [0.29, 0.717) is 34.2 Å².